The van der Waals surface area contributed by atoms with Gasteiger partial charge in [0.15, 0.2) is 0 Å². The molecule has 1 amide bonds. The molecule has 2 rings (SSSR count). The van der Waals surface area contributed by atoms with Gasteiger partial charge in [-0.1, -0.05) is 19.8 Å². The van der Waals surface area contributed by atoms with Crippen LogP contribution in [0.25, 0.3) is 0 Å². The van der Waals surface area contributed by atoms with Crippen molar-refractivity contribution >= 4 is 5.91 Å². The normalized spacial score (nSPS) is 26.1. The fourth-order valence-electron chi connectivity index (χ4n) is 3.01. The third-order valence-electron chi connectivity index (χ3n) is 4.74. The fraction of sp³-hybridized carbons (Fsp3) is 0.923. The Morgan fingerprint density at radius 1 is 1.19 bits per heavy atom. The van der Waals surface area contributed by atoms with Crippen molar-refractivity contribution in [3.63, 3.8) is 0 Å². The van der Waals surface area contributed by atoms with Crippen LogP contribution < -0.4 is 11.1 Å². The predicted octanol–water partition coefficient (Wildman–Crippen LogP) is 1.95. The van der Waals surface area contributed by atoms with Crippen molar-refractivity contribution in [2.45, 2.75) is 63.8 Å². The first-order valence-electron chi connectivity index (χ1n) is 6.67. The van der Waals surface area contributed by atoms with E-state index in [1.165, 1.54) is 32.1 Å². The third-order valence-corrected chi connectivity index (χ3v) is 4.74. The Hall–Kier alpha value is -0.570. The van der Waals surface area contributed by atoms with Gasteiger partial charge in [0.25, 0.3) is 0 Å². The molecular formula is C13H24N2O. The lowest BCUT2D eigenvalue weighted by molar-refractivity contribution is -0.129. The molecule has 0 bridgehead atoms. The lowest BCUT2D eigenvalue weighted by atomic mass is 9.76. The molecule has 3 N–H and O–H groups in total. The lowest BCUT2D eigenvalue weighted by Crippen LogP contribution is -2.59. The highest BCUT2D eigenvalue weighted by molar-refractivity contribution is 5.87. The van der Waals surface area contributed by atoms with Crippen LogP contribution in [-0.2, 0) is 4.79 Å². The summed E-state index contributed by atoms with van der Waals surface area (Å²) in [6, 6.07) is 0. The molecule has 2 fully saturated rings. The summed E-state index contributed by atoms with van der Waals surface area (Å²) in [4.78, 5) is 11.9. The number of hydrogen-bond donors (Lipinski definition) is 2. The topological polar surface area (TPSA) is 55.1 Å². The van der Waals surface area contributed by atoms with Crippen LogP contribution in [0.15, 0.2) is 0 Å². The smallest absolute Gasteiger partial charge is 0.240 e. The molecule has 3 heteroatoms. The summed E-state index contributed by atoms with van der Waals surface area (Å²) in [5.74, 6) is 0.0819. The van der Waals surface area contributed by atoms with E-state index in [2.05, 4.69) is 12.2 Å². The Morgan fingerprint density at radius 3 is 2.25 bits per heavy atom. The zero-order chi connectivity index (χ0) is 11.6. The van der Waals surface area contributed by atoms with Crippen LogP contribution in [0.1, 0.15) is 58.3 Å². The van der Waals surface area contributed by atoms with Crippen molar-refractivity contribution in [2.75, 3.05) is 6.54 Å². The number of amides is 1. The molecule has 0 aromatic heterocycles. The molecule has 0 saturated heterocycles. The standard InChI is InChI=1S/C13H24N2O/c1-2-12(6-3-4-7-12)10-15-11(16)13(14)8-5-9-13/h2-10,14H2,1H3,(H,15,16). The highest BCUT2D eigenvalue weighted by Crippen LogP contribution is 2.40. The van der Waals surface area contributed by atoms with Crippen LogP contribution in [0.5, 0.6) is 0 Å². The number of nitrogens with two attached hydrogens (primary N) is 1. The summed E-state index contributed by atoms with van der Waals surface area (Å²) in [5.41, 5.74) is 5.84. The van der Waals surface area contributed by atoms with Crippen molar-refractivity contribution in [1.82, 2.24) is 5.32 Å². The Bertz CT molecular complexity index is 265. The Morgan fingerprint density at radius 2 is 1.81 bits per heavy atom. The highest BCUT2D eigenvalue weighted by atomic mass is 16.2. The van der Waals surface area contributed by atoms with Gasteiger partial charge in [-0.15, -0.1) is 0 Å². The average molecular weight is 224 g/mol. The van der Waals surface area contributed by atoms with Crippen molar-refractivity contribution in [2.24, 2.45) is 11.1 Å². The minimum atomic E-state index is -0.534. The summed E-state index contributed by atoms with van der Waals surface area (Å²) in [7, 11) is 0. The van der Waals surface area contributed by atoms with Crippen LogP contribution in [0.4, 0.5) is 0 Å². The molecule has 0 unspecified atom stereocenters. The molecule has 0 aliphatic heterocycles. The molecule has 0 atom stereocenters. The summed E-state index contributed by atoms with van der Waals surface area (Å²) in [6.45, 7) is 3.07. The minimum absolute atomic E-state index is 0.0819. The van der Waals surface area contributed by atoms with Crippen LogP contribution >= 0.6 is 0 Å². The summed E-state index contributed by atoms with van der Waals surface area (Å²) in [6.07, 6.45) is 9.15. The summed E-state index contributed by atoms with van der Waals surface area (Å²) >= 11 is 0. The van der Waals surface area contributed by atoms with E-state index < -0.39 is 5.54 Å². The second kappa shape index (κ2) is 4.36. The molecule has 0 heterocycles. The largest absolute Gasteiger partial charge is 0.354 e. The maximum atomic E-state index is 11.9. The van der Waals surface area contributed by atoms with Gasteiger partial charge in [-0.3, -0.25) is 4.79 Å². The fourth-order valence-corrected chi connectivity index (χ4v) is 3.01. The van der Waals surface area contributed by atoms with Gasteiger partial charge in [-0.05, 0) is 43.9 Å². The van der Waals surface area contributed by atoms with E-state index in [0.717, 1.165) is 25.8 Å². The first-order valence-corrected chi connectivity index (χ1v) is 6.67. The molecular weight excluding hydrogens is 200 g/mol. The van der Waals surface area contributed by atoms with E-state index in [4.69, 9.17) is 5.73 Å². The third kappa shape index (κ3) is 2.10. The van der Waals surface area contributed by atoms with Gasteiger partial charge in [0, 0.05) is 6.54 Å². The van der Waals surface area contributed by atoms with Crippen LogP contribution in [-0.4, -0.2) is 18.0 Å². The number of carbonyl (C=O) groups is 1. The van der Waals surface area contributed by atoms with Crippen LogP contribution in [0, 0.1) is 5.41 Å². The molecule has 0 radical (unpaired) electrons. The van der Waals surface area contributed by atoms with Gasteiger partial charge in [0.1, 0.15) is 0 Å². The van der Waals surface area contributed by atoms with Gasteiger partial charge in [-0.2, -0.15) is 0 Å². The second-order valence-corrected chi connectivity index (χ2v) is 5.75. The van der Waals surface area contributed by atoms with Gasteiger partial charge in [0.05, 0.1) is 5.54 Å². The number of carbonyl (C=O) groups excluding carboxylic acids is 1. The van der Waals surface area contributed by atoms with Gasteiger partial charge in [-0.25, -0.2) is 0 Å². The predicted molar refractivity (Wildman–Crippen MR) is 65.0 cm³/mol. The minimum Gasteiger partial charge on any atom is -0.354 e. The quantitative estimate of drug-likeness (QED) is 0.767. The first-order chi connectivity index (χ1) is 7.60. The molecule has 0 aromatic carbocycles. The van der Waals surface area contributed by atoms with E-state index in [0.29, 0.717) is 5.41 Å². The zero-order valence-corrected chi connectivity index (χ0v) is 10.3. The first kappa shape index (κ1) is 11.9. The van der Waals surface area contributed by atoms with Crippen molar-refractivity contribution < 1.29 is 4.79 Å². The van der Waals surface area contributed by atoms with Crippen molar-refractivity contribution in [1.29, 1.82) is 0 Å². The summed E-state index contributed by atoms with van der Waals surface area (Å²) in [5, 5.41) is 3.09. The van der Waals surface area contributed by atoms with E-state index in [9.17, 15) is 4.79 Å². The lowest BCUT2D eigenvalue weighted by Gasteiger charge is -2.38. The van der Waals surface area contributed by atoms with Crippen LogP contribution in [0.2, 0.25) is 0 Å². The average Bonchev–Trinajstić information content (AvgIpc) is 2.72. The second-order valence-electron chi connectivity index (χ2n) is 5.75. The molecule has 0 spiro atoms. The van der Waals surface area contributed by atoms with Crippen molar-refractivity contribution in [3.05, 3.63) is 0 Å². The molecule has 0 aromatic rings. The molecule has 2 aliphatic carbocycles. The number of hydrogen-bond acceptors (Lipinski definition) is 2. The molecule has 92 valence electrons. The highest BCUT2D eigenvalue weighted by Gasteiger charge is 2.41. The van der Waals surface area contributed by atoms with Gasteiger partial charge >= 0.3 is 0 Å². The summed E-state index contributed by atoms with van der Waals surface area (Å²) < 4.78 is 0. The molecule has 2 aliphatic rings. The molecule has 16 heavy (non-hydrogen) atoms. The van der Waals surface area contributed by atoms with E-state index >= 15 is 0 Å². The number of rotatable bonds is 4. The number of nitrogens with one attached hydrogen (secondary N) is 1. The SMILES string of the molecule is CCC1(CNC(=O)C2(N)CCC2)CCCC1. The Balaban J connectivity index is 1.84. The van der Waals surface area contributed by atoms with E-state index in [-0.39, 0.29) is 5.91 Å². The van der Waals surface area contributed by atoms with Gasteiger partial charge < -0.3 is 11.1 Å². The van der Waals surface area contributed by atoms with Crippen LogP contribution in [0.3, 0.4) is 0 Å². The Labute approximate surface area is 98.2 Å². The van der Waals surface area contributed by atoms with Gasteiger partial charge in [0.2, 0.25) is 5.91 Å². The van der Waals surface area contributed by atoms with Crippen molar-refractivity contribution in [3.8, 4) is 0 Å². The zero-order valence-electron chi connectivity index (χ0n) is 10.3. The molecule has 2 saturated carbocycles. The maximum absolute atomic E-state index is 11.9. The maximum Gasteiger partial charge on any atom is 0.240 e. The monoisotopic (exact) mass is 224 g/mol. The van der Waals surface area contributed by atoms with E-state index in [1.54, 1.807) is 0 Å². The molecule has 3 nitrogen and oxygen atoms in total. The van der Waals surface area contributed by atoms with E-state index in [1.807, 2.05) is 0 Å². The Kier molecular flexibility index (Phi) is 3.24.